The minimum atomic E-state index is -1.31. The first-order chi connectivity index (χ1) is 12.3. The van der Waals surface area contributed by atoms with Crippen molar-refractivity contribution in [1.82, 2.24) is 0 Å². The molecule has 0 aliphatic heterocycles. The average Bonchev–Trinajstić information content (AvgIpc) is 2.60. The molecule has 27 heavy (non-hydrogen) atoms. The molecule has 2 N–H and O–H groups in total. The van der Waals surface area contributed by atoms with E-state index in [-0.39, 0.29) is 11.6 Å². The number of benzene rings is 2. The number of hydrogen-bond acceptors (Lipinski definition) is 4. The van der Waals surface area contributed by atoms with Gasteiger partial charge in [-0.2, -0.15) is 0 Å². The lowest BCUT2D eigenvalue weighted by atomic mass is 9.95. The highest BCUT2D eigenvalue weighted by Gasteiger charge is 2.25. The summed E-state index contributed by atoms with van der Waals surface area (Å²) in [5.74, 6) is -0.515. The topological polar surface area (TPSA) is 74.6 Å². The zero-order chi connectivity index (χ0) is 20.8. The molecule has 4 heteroatoms. The van der Waals surface area contributed by atoms with Crippen molar-refractivity contribution in [1.29, 1.82) is 0 Å². The molecule has 0 saturated heterocycles. The van der Waals surface area contributed by atoms with Crippen LogP contribution in [-0.4, -0.2) is 33.0 Å². The van der Waals surface area contributed by atoms with Crippen molar-refractivity contribution in [3.05, 3.63) is 77.9 Å². The van der Waals surface area contributed by atoms with Crippen LogP contribution in [0.3, 0.4) is 0 Å². The van der Waals surface area contributed by atoms with Crippen LogP contribution in [0.5, 0.6) is 0 Å². The van der Waals surface area contributed by atoms with Gasteiger partial charge in [0.2, 0.25) is 0 Å². The van der Waals surface area contributed by atoms with E-state index in [1.807, 2.05) is 25.1 Å². The summed E-state index contributed by atoms with van der Waals surface area (Å²) in [7, 11) is 0. The Balaban J connectivity index is 0.000000277. The third-order valence-corrected chi connectivity index (χ3v) is 3.79. The first-order valence-corrected chi connectivity index (χ1v) is 8.69. The Bertz CT molecular complexity index is 789. The van der Waals surface area contributed by atoms with Crippen molar-refractivity contribution in [2.45, 2.75) is 45.8 Å². The van der Waals surface area contributed by atoms with E-state index >= 15 is 0 Å². The summed E-state index contributed by atoms with van der Waals surface area (Å²) < 4.78 is 0. The Hall–Kier alpha value is -2.56. The van der Waals surface area contributed by atoms with Gasteiger partial charge in [-0.25, -0.2) is 0 Å². The second-order valence-corrected chi connectivity index (χ2v) is 7.50. The van der Waals surface area contributed by atoms with Crippen LogP contribution in [0, 0.1) is 0 Å². The zero-order valence-electron chi connectivity index (χ0n) is 16.6. The lowest BCUT2D eigenvalue weighted by molar-refractivity contribution is 0.0487. The maximum Gasteiger partial charge on any atom is 0.193 e. The number of carbonyl (C=O) groups excluding carboxylic acids is 2. The summed E-state index contributed by atoms with van der Waals surface area (Å²) in [6.45, 7) is 11.7. The molecule has 0 atom stereocenters. The molecule has 2 aromatic carbocycles. The van der Waals surface area contributed by atoms with Gasteiger partial charge >= 0.3 is 0 Å². The summed E-state index contributed by atoms with van der Waals surface area (Å²) in [6.07, 6.45) is 0. The number of allylic oxidation sites excluding steroid dienone is 1. The molecule has 0 aliphatic carbocycles. The van der Waals surface area contributed by atoms with E-state index in [2.05, 4.69) is 6.58 Å². The maximum absolute atomic E-state index is 11.7. The Labute approximate surface area is 161 Å². The summed E-state index contributed by atoms with van der Waals surface area (Å²) in [5, 5.41) is 18.9. The van der Waals surface area contributed by atoms with Crippen LogP contribution in [-0.2, 0) is 0 Å². The Morgan fingerprint density at radius 1 is 0.704 bits per heavy atom. The highest BCUT2D eigenvalue weighted by atomic mass is 16.3. The van der Waals surface area contributed by atoms with Crippen LogP contribution >= 0.6 is 0 Å². The molecule has 0 amide bonds. The fourth-order valence-corrected chi connectivity index (χ4v) is 2.20. The molecule has 0 saturated carbocycles. The molecule has 2 rings (SSSR count). The predicted molar refractivity (Wildman–Crippen MR) is 109 cm³/mol. The molecule has 0 fully saturated rings. The van der Waals surface area contributed by atoms with Crippen LogP contribution in [0.15, 0.2) is 61.2 Å². The van der Waals surface area contributed by atoms with E-state index < -0.39 is 11.2 Å². The lowest BCUT2D eigenvalue weighted by Crippen LogP contribution is -2.30. The highest BCUT2D eigenvalue weighted by molar-refractivity contribution is 6.02. The number of carbonyl (C=O) groups is 2. The Kier molecular flexibility index (Phi) is 7.40. The Morgan fingerprint density at radius 3 is 1.37 bits per heavy atom. The molecular formula is C23H28O4. The Morgan fingerprint density at radius 2 is 1.04 bits per heavy atom. The third kappa shape index (κ3) is 6.93. The third-order valence-electron chi connectivity index (χ3n) is 3.79. The molecule has 0 spiro atoms. The minimum Gasteiger partial charge on any atom is -0.382 e. The number of aliphatic hydroxyl groups is 2. The van der Waals surface area contributed by atoms with Gasteiger partial charge in [0.15, 0.2) is 11.6 Å². The quantitative estimate of drug-likeness (QED) is 0.771. The first kappa shape index (κ1) is 22.5. The summed E-state index contributed by atoms with van der Waals surface area (Å²) in [4.78, 5) is 23.1. The van der Waals surface area contributed by atoms with Gasteiger partial charge in [-0.3, -0.25) is 9.59 Å². The van der Waals surface area contributed by atoms with Crippen LogP contribution in [0.1, 0.15) is 60.9 Å². The van der Waals surface area contributed by atoms with Crippen molar-refractivity contribution in [2.75, 3.05) is 0 Å². The van der Waals surface area contributed by atoms with E-state index in [9.17, 15) is 19.8 Å². The molecule has 0 heterocycles. The van der Waals surface area contributed by atoms with Gasteiger partial charge in [0.1, 0.15) is 11.2 Å². The molecular weight excluding hydrogens is 340 g/mol. The molecule has 0 bridgehead atoms. The number of rotatable bonds is 5. The second-order valence-electron chi connectivity index (χ2n) is 7.50. The van der Waals surface area contributed by atoms with Crippen molar-refractivity contribution >= 4 is 17.1 Å². The minimum absolute atomic E-state index is 0.247. The smallest absolute Gasteiger partial charge is 0.193 e. The molecule has 144 valence electrons. The fourth-order valence-electron chi connectivity index (χ4n) is 2.20. The van der Waals surface area contributed by atoms with E-state index in [4.69, 9.17) is 0 Å². The van der Waals surface area contributed by atoms with Crippen molar-refractivity contribution in [3.63, 3.8) is 0 Å². The number of ketones is 2. The molecule has 0 aliphatic rings. The second kappa shape index (κ2) is 8.89. The van der Waals surface area contributed by atoms with Crippen molar-refractivity contribution < 1.29 is 19.8 Å². The molecule has 2 aromatic rings. The largest absolute Gasteiger partial charge is 0.382 e. The standard InChI is InChI=1S/C13H16O2.C10H12O2/c1-9(2)10-5-7-11(8-6-10)12(14)13(3,4)15;1-10(2,12)9(11)8-6-4-3-5-7-8/h5-8,15H,1H2,2-4H3;3-7,12H,1-2H3. The van der Waals surface area contributed by atoms with Gasteiger partial charge in [-0.15, -0.1) is 0 Å². The molecule has 4 nitrogen and oxygen atoms in total. The van der Waals surface area contributed by atoms with Crippen LogP contribution < -0.4 is 0 Å². The van der Waals surface area contributed by atoms with Crippen molar-refractivity contribution in [3.8, 4) is 0 Å². The predicted octanol–water partition coefficient (Wildman–Crippen LogP) is 4.31. The SMILES string of the molecule is C=C(C)c1ccc(C(=O)C(C)(C)O)cc1.CC(C)(O)C(=O)c1ccccc1. The average molecular weight is 368 g/mol. The number of Topliss-reactive ketones (excluding diaryl/α,β-unsaturated/α-hetero) is 2. The zero-order valence-corrected chi connectivity index (χ0v) is 16.6. The van der Waals surface area contributed by atoms with E-state index in [1.165, 1.54) is 27.7 Å². The van der Waals surface area contributed by atoms with E-state index in [0.29, 0.717) is 11.1 Å². The monoisotopic (exact) mass is 368 g/mol. The van der Waals surface area contributed by atoms with Gasteiger partial charge < -0.3 is 10.2 Å². The van der Waals surface area contributed by atoms with Crippen molar-refractivity contribution in [2.24, 2.45) is 0 Å². The van der Waals surface area contributed by atoms with Crippen LogP contribution in [0.25, 0.3) is 5.57 Å². The van der Waals surface area contributed by atoms with Gasteiger partial charge in [-0.1, -0.05) is 66.7 Å². The van der Waals surface area contributed by atoms with Crippen LogP contribution in [0.2, 0.25) is 0 Å². The van der Waals surface area contributed by atoms with Gasteiger partial charge in [0.25, 0.3) is 0 Å². The van der Waals surface area contributed by atoms with Gasteiger partial charge in [-0.05, 0) is 40.2 Å². The van der Waals surface area contributed by atoms with E-state index in [1.54, 1.807) is 36.4 Å². The number of hydrogen-bond donors (Lipinski definition) is 2. The fraction of sp³-hybridized carbons (Fsp3) is 0.304. The normalized spacial score (nSPS) is 11.2. The molecule has 0 aromatic heterocycles. The summed E-state index contributed by atoms with van der Waals surface area (Å²) in [6, 6.07) is 15.9. The first-order valence-electron chi connectivity index (χ1n) is 8.69. The maximum atomic E-state index is 11.7. The van der Waals surface area contributed by atoms with Crippen LogP contribution in [0.4, 0.5) is 0 Å². The lowest BCUT2D eigenvalue weighted by Gasteiger charge is -2.15. The summed E-state index contributed by atoms with van der Waals surface area (Å²) >= 11 is 0. The van der Waals surface area contributed by atoms with Gasteiger partial charge in [0, 0.05) is 11.1 Å². The van der Waals surface area contributed by atoms with E-state index in [0.717, 1.165) is 11.1 Å². The highest BCUT2D eigenvalue weighted by Crippen LogP contribution is 2.16. The molecule has 0 radical (unpaired) electrons. The van der Waals surface area contributed by atoms with Gasteiger partial charge in [0.05, 0.1) is 0 Å². The summed E-state index contributed by atoms with van der Waals surface area (Å²) in [5.41, 5.74) is 0.434. The molecule has 0 unspecified atom stereocenters.